The fraction of sp³-hybridized carbons (Fsp3) is 0.300. The maximum absolute atomic E-state index is 8.75. The molecule has 0 bridgehead atoms. The first-order chi connectivity index (χ1) is 6.24. The minimum absolute atomic E-state index is 0.0428. The average Bonchev–Trinajstić information content (AvgIpc) is 2.78. The zero-order chi connectivity index (χ0) is 9.42. The van der Waals surface area contributed by atoms with Gasteiger partial charge in [-0.15, -0.1) is 0 Å². The molecule has 1 aliphatic rings. The fourth-order valence-corrected chi connectivity index (χ4v) is 1.70. The van der Waals surface area contributed by atoms with Crippen molar-refractivity contribution < 1.29 is 0 Å². The van der Waals surface area contributed by atoms with Gasteiger partial charge in [-0.25, -0.2) is 0 Å². The molecular formula is C10H9ClN2. The molecule has 0 aliphatic carbocycles. The summed E-state index contributed by atoms with van der Waals surface area (Å²) in [5.41, 5.74) is 1.17. The summed E-state index contributed by atoms with van der Waals surface area (Å²) in [7, 11) is 1.95. The van der Waals surface area contributed by atoms with Gasteiger partial charge in [-0.3, -0.25) is 4.90 Å². The molecular weight excluding hydrogens is 184 g/mol. The average molecular weight is 193 g/mol. The maximum atomic E-state index is 8.75. The minimum atomic E-state index is 0.0428. The van der Waals surface area contributed by atoms with Gasteiger partial charge in [-0.1, -0.05) is 23.7 Å². The number of nitriles is 1. The van der Waals surface area contributed by atoms with E-state index < -0.39 is 0 Å². The highest BCUT2D eigenvalue weighted by Gasteiger charge is 2.45. The summed E-state index contributed by atoms with van der Waals surface area (Å²) in [6.45, 7) is 0. The molecule has 1 aromatic rings. The Morgan fingerprint density at radius 2 is 2.00 bits per heavy atom. The van der Waals surface area contributed by atoms with Crippen LogP contribution in [0.2, 0.25) is 5.02 Å². The first kappa shape index (κ1) is 8.55. The van der Waals surface area contributed by atoms with Gasteiger partial charge in [0.1, 0.15) is 6.04 Å². The number of rotatable bonds is 1. The van der Waals surface area contributed by atoms with Crippen LogP contribution in [0.3, 0.4) is 0 Å². The van der Waals surface area contributed by atoms with Crippen LogP contribution in [0.5, 0.6) is 0 Å². The summed E-state index contributed by atoms with van der Waals surface area (Å²) in [5, 5.41) is 9.48. The van der Waals surface area contributed by atoms with Gasteiger partial charge in [0, 0.05) is 5.02 Å². The van der Waals surface area contributed by atoms with E-state index in [-0.39, 0.29) is 12.1 Å². The minimum Gasteiger partial charge on any atom is -0.280 e. The zero-order valence-electron chi connectivity index (χ0n) is 7.24. The number of halogens is 1. The summed E-state index contributed by atoms with van der Waals surface area (Å²) in [4.78, 5) is 2.03. The maximum Gasteiger partial charge on any atom is 0.118 e. The molecule has 1 saturated heterocycles. The predicted molar refractivity (Wildman–Crippen MR) is 51.4 cm³/mol. The summed E-state index contributed by atoms with van der Waals surface area (Å²) in [6.07, 6.45) is 0. The highest BCUT2D eigenvalue weighted by atomic mass is 35.5. The van der Waals surface area contributed by atoms with Gasteiger partial charge >= 0.3 is 0 Å². The lowest BCUT2D eigenvalue weighted by atomic mass is 10.1. The molecule has 1 fully saturated rings. The highest BCUT2D eigenvalue weighted by Crippen LogP contribution is 2.40. The smallest absolute Gasteiger partial charge is 0.118 e. The lowest BCUT2D eigenvalue weighted by Gasteiger charge is -1.96. The van der Waals surface area contributed by atoms with Crippen molar-refractivity contribution >= 4 is 11.6 Å². The van der Waals surface area contributed by atoms with Gasteiger partial charge in [-0.05, 0) is 24.7 Å². The van der Waals surface area contributed by atoms with Crippen LogP contribution in [0.15, 0.2) is 24.3 Å². The van der Waals surface area contributed by atoms with E-state index in [2.05, 4.69) is 6.07 Å². The van der Waals surface area contributed by atoms with E-state index in [9.17, 15) is 0 Å². The van der Waals surface area contributed by atoms with Crippen molar-refractivity contribution in [1.82, 2.24) is 4.90 Å². The molecule has 3 atom stereocenters. The number of hydrogen-bond donors (Lipinski definition) is 0. The van der Waals surface area contributed by atoms with Crippen LogP contribution in [0, 0.1) is 11.3 Å². The Kier molecular flexibility index (Phi) is 1.99. The van der Waals surface area contributed by atoms with Gasteiger partial charge in [-0.2, -0.15) is 5.26 Å². The van der Waals surface area contributed by atoms with Gasteiger partial charge in [0.2, 0.25) is 0 Å². The normalized spacial score (nSPS) is 31.0. The Labute approximate surface area is 82.3 Å². The second-order valence-corrected chi connectivity index (χ2v) is 3.67. The van der Waals surface area contributed by atoms with Gasteiger partial charge < -0.3 is 0 Å². The van der Waals surface area contributed by atoms with Crippen LogP contribution >= 0.6 is 11.6 Å². The number of nitrogens with zero attached hydrogens (tertiary/aromatic N) is 2. The molecule has 1 heterocycles. The van der Waals surface area contributed by atoms with Crippen LogP contribution in [-0.2, 0) is 0 Å². The number of likely N-dealkylation sites (N-methyl/N-ethyl adjacent to an activating group) is 1. The Bertz CT molecular complexity index is 352. The SMILES string of the molecule is CN1[C@H](c2ccc(Cl)cc2)[C@@H]1C#N. The number of hydrogen-bond acceptors (Lipinski definition) is 2. The van der Waals surface area contributed by atoms with E-state index in [4.69, 9.17) is 16.9 Å². The lowest BCUT2D eigenvalue weighted by Crippen LogP contribution is -1.87. The van der Waals surface area contributed by atoms with Crippen molar-refractivity contribution in [2.45, 2.75) is 12.1 Å². The summed E-state index contributed by atoms with van der Waals surface area (Å²) in [5.74, 6) is 0. The first-order valence-corrected chi connectivity index (χ1v) is 4.49. The van der Waals surface area contributed by atoms with Gasteiger partial charge in [0.25, 0.3) is 0 Å². The molecule has 66 valence electrons. The Morgan fingerprint density at radius 1 is 1.38 bits per heavy atom. The molecule has 0 aromatic heterocycles. The highest BCUT2D eigenvalue weighted by molar-refractivity contribution is 6.30. The molecule has 0 spiro atoms. The molecule has 0 amide bonds. The molecule has 0 saturated carbocycles. The van der Waals surface area contributed by atoms with E-state index in [1.807, 2.05) is 36.2 Å². The Balaban J connectivity index is 2.21. The molecule has 2 nitrogen and oxygen atoms in total. The molecule has 2 rings (SSSR count). The second kappa shape index (κ2) is 3.02. The van der Waals surface area contributed by atoms with Crippen molar-refractivity contribution in [2.75, 3.05) is 7.05 Å². The van der Waals surface area contributed by atoms with E-state index in [1.54, 1.807) is 0 Å². The molecule has 1 aromatic carbocycles. The van der Waals surface area contributed by atoms with Gasteiger partial charge in [0.15, 0.2) is 0 Å². The fourth-order valence-electron chi connectivity index (χ4n) is 1.58. The molecule has 1 aliphatic heterocycles. The summed E-state index contributed by atoms with van der Waals surface area (Å²) >= 11 is 5.76. The zero-order valence-corrected chi connectivity index (χ0v) is 7.99. The Morgan fingerprint density at radius 3 is 2.46 bits per heavy atom. The molecule has 0 radical (unpaired) electrons. The topological polar surface area (TPSA) is 26.8 Å². The van der Waals surface area contributed by atoms with Crippen LogP contribution in [0.25, 0.3) is 0 Å². The standard InChI is InChI=1S/C10H9ClN2/c1-13-9(6-12)10(13)7-2-4-8(11)5-3-7/h2-5,9-10H,1H3/t9-,10+,13?/m0/s1. The first-order valence-electron chi connectivity index (χ1n) is 4.11. The van der Waals surface area contributed by atoms with E-state index in [0.29, 0.717) is 0 Å². The quantitative estimate of drug-likeness (QED) is 0.638. The van der Waals surface area contributed by atoms with Crippen LogP contribution in [0.1, 0.15) is 11.6 Å². The van der Waals surface area contributed by atoms with Gasteiger partial charge in [0.05, 0.1) is 12.1 Å². The summed E-state index contributed by atoms with van der Waals surface area (Å²) in [6, 6.07) is 10.2. The molecule has 0 N–H and O–H groups in total. The third-order valence-electron chi connectivity index (χ3n) is 2.43. The molecule has 3 heteroatoms. The largest absolute Gasteiger partial charge is 0.280 e. The summed E-state index contributed by atoms with van der Waals surface area (Å²) < 4.78 is 0. The van der Waals surface area contributed by atoms with E-state index in [0.717, 1.165) is 5.02 Å². The third-order valence-corrected chi connectivity index (χ3v) is 2.68. The van der Waals surface area contributed by atoms with E-state index in [1.165, 1.54) is 5.56 Å². The second-order valence-electron chi connectivity index (χ2n) is 3.24. The monoisotopic (exact) mass is 192 g/mol. The molecule has 13 heavy (non-hydrogen) atoms. The predicted octanol–water partition coefficient (Wildman–Crippen LogP) is 2.22. The molecule has 1 unspecified atom stereocenters. The van der Waals surface area contributed by atoms with Crippen molar-refractivity contribution in [2.24, 2.45) is 0 Å². The van der Waals surface area contributed by atoms with Crippen molar-refractivity contribution in [3.63, 3.8) is 0 Å². The third kappa shape index (κ3) is 1.41. The Hall–Kier alpha value is -1.04. The van der Waals surface area contributed by atoms with Crippen molar-refractivity contribution in [3.8, 4) is 6.07 Å². The van der Waals surface area contributed by atoms with Crippen LogP contribution in [0.4, 0.5) is 0 Å². The van der Waals surface area contributed by atoms with E-state index >= 15 is 0 Å². The van der Waals surface area contributed by atoms with Crippen molar-refractivity contribution in [3.05, 3.63) is 34.9 Å². The van der Waals surface area contributed by atoms with Crippen LogP contribution < -0.4 is 0 Å². The van der Waals surface area contributed by atoms with Crippen molar-refractivity contribution in [1.29, 1.82) is 5.26 Å². The van der Waals surface area contributed by atoms with Crippen LogP contribution in [-0.4, -0.2) is 18.0 Å². The lowest BCUT2D eigenvalue weighted by molar-refractivity contribution is 0.615. The number of benzene rings is 1.